The van der Waals surface area contributed by atoms with Crippen LogP contribution in [0.1, 0.15) is 35.7 Å². The zero-order valence-electron chi connectivity index (χ0n) is 17.6. The van der Waals surface area contributed by atoms with Gasteiger partial charge < -0.3 is 14.5 Å². The number of amides is 1. The highest BCUT2D eigenvalue weighted by Crippen LogP contribution is 2.26. The van der Waals surface area contributed by atoms with Gasteiger partial charge in [0.15, 0.2) is 5.43 Å². The molecule has 0 saturated heterocycles. The van der Waals surface area contributed by atoms with Gasteiger partial charge >= 0.3 is 0 Å². The van der Waals surface area contributed by atoms with Crippen LogP contribution in [0, 0.1) is 0 Å². The van der Waals surface area contributed by atoms with Crippen molar-refractivity contribution in [1.82, 2.24) is 0 Å². The number of benzene rings is 3. The van der Waals surface area contributed by atoms with Crippen LogP contribution in [0.2, 0.25) is 0 Å². The van der Waals surface area contributed by atoms with E-state index in [0.717, 1.165) is 5.56 Å². The summed E-state index contributed by atoms with van der Waals surface area (Å²) in [5.74, 6) is 1.31. The fourth-order valence-electron chi connectivity index (χ4n) is 3.35. The second-order valence-corrected chi connectivity index (χ2v) is 7.65. The van der Waals surface area contributed by atoms with Gasteiger partial charge in [-0.3, -0.25) is 9.59 Å². The van der Waals surface area contributed by atoms with Gasteiger partial charge in [0, 0.05) is 22.9 Å². The molecule has 0 atom stereocenters. The van der Waals surface area contributed by atoms with E-state index in [0.29, 0.717) is 39.6 Å². The van der Waals surface area contributed by atoms with E-state index in [4.69, 9.17) is 9.15 Å². The van der Waals surface area contributed by atoms with Gasteiger partial charge in [0.25, 0.3) is 5.91 Å². The Labute approximate surface area is 180 Å². The minimum absolute atomic E-state index is 0.141. The average Bonchev–Trinajstić information content (AvgIpc) is 2.79. The van der Waals surface area contributed by atoms with Crippen LogP contribution in [0.3, 0.4) is 0 Å². The molecule has 31 heavy (non-hydrogen) atoms. The summed E-state index contributed by atoms with van der Waals surface area (Å²) in [6.45, 7) is 4.23. The van der Waals surface area contributed by atoms with Crippen molar-refractivity contribution in [3.63, 3.8) is 0 Å². The lowest BCUT2D eigenvalue weighted by molar-refractivity contribution is 0.102. The fraction of sp³-hybridized carbons (Fsp3) is 0.154. The molecule has 1 N–H and O–H groups in total. The fourth-order valence-corrected chi connectivity index (χ4v) is 3.35. The van der Waals surface area contributed by atoms with Gasteiger partial charge in [0.1, 0.15) is 17.1 Å². The summed E-state index contributed by atoms with van der Waals surface area (Å²) in [6.07, 6.45) is 0. The van der Waals surface area contributed by atoms with Crippen LogP contribution in [-0.4, -0.2) is 13.0 Å². The number of methoxy groups -OCH3 is 1. The summed E-state index contributed by atoms with van der Waals surface area (Å²) >= 11 is 0. The Kier molecular flexibility index (Phi) is 5.58. The van der Waals surface area contributed by atoms with Gasteiger partial charge in [0.05, 0.1) is 12.5 Å². The molecule has 4 aromatic rings. The molecule has 1 aromatic heterocycles. The van der Waals surface area contributed by atoms with Crippen molar-refractivity contribution in [3.8, 4) is 17.1 Å². The highest BCUT2D eigenvalue weighted by Gasteiger charge is 2.10. The third kappa shape index (κ3) is 4.36. The molecule has 0 aliphatic heterocycles. The van der Waals surface area contributed by atoms with Gasteiger partial charge in [-0.1, -0.05) is 26.0 Å². The molecule has 5 heteroatoms. The number of ether oxygens (including phenoxy) is 1. The van der Waals surface area contributed by atoms with Crippen LogP contribution in [0.15, 0.2) is 82.0 Å². The first-order valence-corrected chi connectivity index (χ1v) is 10.1. The van der Waals surface area contributed by atoms with E-state index < -0.39 is 0 Å². The number of carbonyl (C=O) groups excluding carboxylic acids is 1. The van der Waals surface area contributed by atoms with E-state index in [-0.39, 0.29) is 11.3 Å². The smallest absolute Gasteiger partial charge is 0.255 e. The Balaban J connectivity index is 1.54. The molecule has 156 valence electrons. The molecule has 0 unspecified atom stereocenters. The number of hydrogen-bond donors (Lipinski definition) is 1. The predicted molar refractivity (Wildman–Crippen MR) is 123 cm³/mol. The lowest BCUT2D eigenvalue weighted by Crippen LogP contribution is -2.11. The first-order valence-electron chi connectivity index (χ1n) is 10.1. The first-order chi connectivity index (χ1) is 14.9. The Morgan fingerprint density at radius 2 is 1.65 bits per heavy atom. The normalized spacial score (nSPS) is 11.0. The average molecular weight is 413 g/mol. The zero-order chi connectivity index (χ0) is 22.0. The predicted octanol–water partition coefficient (Wildman–Crippen LogP) is 5.84. The first kappa shape index (κ1) is 20.4. The Bertz CT molecular complexity index is 1290. The van der Waals surface area contributed by atoms with Crippen molar-refractivity contribution >= 4 is 22.6 Å². The summed E-state index contributed by atoms with van der Waals surface area (Å²) in [6, 6.07) is 21.4. The minimum atomic E-state index is -0.172. The second kappa shape index (κ2) is 8.48. The standard InChI is InChI=1S/C26H23NO4/c1-16(2)17-4-6-19(7-5-17)26(29)27-20-10-8-18(9-11-20)25-15-23(28)22-14-21(30-3)12-13-24(22)31-25/h4-16H,1-3H3,(H,27,29). The van der Waals surface area contributed by atoms with Crippen molar-refractivity contribution in [1.29, 1.82) is 0 Å². The Morgan fingerprint density at radius 3 is 2.29 bits per heavy atom. The van der Waals surface area contributed by atoms with Crippen molar-refractivity contribution < 1.29 is 13.9 Å². The third-order valence-corrected chi connectivity index (χ3v) is 5.20. The van der Waals surface area contributed by atoms with Crippen molar-refractivity contribution in [3.05, 3.63) is 94.1 Å². The highest BCUT2D eigenvalue weighted by atomic mass is 16.5. The van der Waals surface area contributed by atoms with Crippen LogP contribution in [0.25, 0.3) is 22.3 Å². The number of anilines is 1. The van der Waals surface area contributed by atoms with Gasteiger partial charge in [-0.05, 0) is 66.1 Å². The molecular formula is C26H23NO4. The van der Waals surface area contributed by atoms with Crippen LogP contribution in [0.4, 0.5) is 5.69 Å². The second-order valence-electron chi connectivity index (χ2n) is 7.65. The van der Waals surface area contributed by atoms with E-state index in [1.165, 1.54) is 11.6 Å². The summed E-state index contributed by atoms with van der Waals surface area (Å²) in [7, 11) is 1.55. The quantitative estimate of drug-likeness (QED) is 0.446. The lowest BCUT2D eigenvalue weighted by atomic mass is 10.0. The molecule has 0 radical (unpaired) electrons. The molecule has 5 nitrogen and oxygen atoms in total. The molecule has 0 fully saturated rings. The maximum Gasteiger partial charge on any atom is 0.255 e. The van der Waals surface area contributed by atoms with E-state index in [9.17, 15) is 9.59 Å². The van der Waals surface area contributed by atoms with E-state index in [2.05, 4.69) is 19.2 Å². The SMILES string of the molecule is COc1ccc2oc(-c3ccc(NC(=O)c4ccc(C(C)C)cc4)cc3)cc(=O)c2c1. The molecule has 0 spiro atoms. The Morgan fingerprint density at radius 1 is 0.935 bits per heavy atom. The van der Waals surface area contributed by atoms with E-state index >= 15 is 0 Å². The number of carbonyl (C=O) groups is 1. The monoisotopic (exact) mass is 413 g/mol. The number of rotatable bonds is 5. The van der Waals surface area contributed by atoms with Crippen LogP contribution < -0.4 is 15.5 Å². The molecule has 0 bridgehead atoms. The molecule has 0 aliphatic rings. The lowest BCUT2D eigenvalue weighted by Gasteiger charge is -2.09. The minimum Gasteiger partial charge on any atom is -0.497 e. The van der Waals surface area contributed by atoms with Crippen LogP contribution in [-0.2, 0) is 0 Å². The highest BCUT2D eigenvalue weighted by molar-refractivity contribution is 6.04. The van der Waals surface area contributed by atoms with Crippen LogP contribution >= 0.6 is 0 Å². The van der Waals surface area contributed by atoms with Crippen molar-refractivity contribution in [2.75, 3.05) is 12.4 Å². The van der Waals surface area contributed by atoms with Crippen molar-refractivity contribution in [2.24, 2.45) is 0 Å². The number of nitrogens with one attached hydrogen (secondary N) is 1. The van der Waals surface area contributed by atoms with Crippen LogP contribution in [0.5, 0.6) is 5.75 Å². The summed E-state index contributed by atoms with van der Waals surface area (Å²) < 4.78 is 11.1. The number of fused-ring (bicyclic) bond motifs is 1. The van der Waals surface area contributed by atoms with Gasteiger partial charge in [0.2, 0.25) is 0 Å². The molecule has 4 rings (SSSR count). The van der Waals surface area contributed by atoms with Gasteiger partial charge in [-0.25, -0.2) is 0 Å². The molecule has 1 heterocycles. The zero-order valence-corrected chi connectivity index (χ0v) is 17.6. The van der Waals surface area contributed by atoms with Gasteiger partial charge in [-0.2, -0.15) is 0 Å². The summed E-state index contributed by atoms with van der Waals surface area (Å²) in [5, 5.41) is 3.36. The van der Waals surface area contributed by atoms with E-state index in [1.807, 2.05) is 36.4 Å². The maximum atomic E-state index is 12.5. The topological polar surface area (TPSA) is 68.5 Å². The summed E-state index contributed by atoms with van der Waals surface area (Å²) in [4.78, 5) is 25.0. The molecular weight excluding hydrogens is 390 g/mol. The summed E-state index contributed by atoms with van der Waals surface area (Å²) in [5.41, 5.74) is 3.55. The maximum absolute atomic E-state index is 12.5. The molecule has 3 aromatic carbocycles. The third-order valence-electron chi connectivity index (χ3n) is 5.20. The molecule has 1 amide bonds. The Hall–Kier alpha value is -3.86. The van der Waals surface area contributed by atoms with E-state index in [1.54, 1.807) is 37.4 Å². The molecule has 0 saturated carbocycles. The van der Waals surface area contributed by atoms with Gasteiger partial charge in [-0.15, -0.1) is 0 Å². The van der Waals surface area contributed by atoms with Crippen molar-refractivity contribution in [2.45, 2.75) is 19.8 Å². The largest absolute Gasteiger partial charge is 0.497 e. The molecule has 0 aliphatic carbocycles. The number of hydrogen-bond acceptors (Lipinski definition) is 4.